The van der Waals surface area contributed by atoms with Gasteiger partial charge >= 0.3 is 0 Å². The van der Waals surface area contributed by atoms with Gasteiger partial charge in [0.1, 0.15) is 10.6 Å². The maximum absolute atomic E-state index is 12.4. The number of hydrogen-bond acceptors (Lipinski definition) is 5. The first-order valence-electron chi connectivity index (χ1n) is 5.92. The predicted octanol–water partition coefficient (Wildman–Crippen LogP) is 2.32. The molecule has 0 fully saturated rings. The van der Waals surface area contributed by atoms with Gasteiger partial charge in [-0.1, -0.05) is 0 Å². The molecule has 3 N–H and O–H groups in total. The Labute approximate surface area is 122 Å². The number of nitrogens with one attached hydrogen (secondary N) is 1. The Morgan fingerprint density at radius 1 is 1.30 bits per heavy atom. The van der Waals surface area contributed by atoms with Gasteiger partial charge in [-0.05, 0) is 42.1 Å². The highest BCUT2D eigenvalue weighted by atomic mass is 32.2. The molecular formula is C13H16N2O3S2. The van der Waals surface area contributed by atoms with Gasteiger partial charge in [0.05, 0.1) is 7.11 Å². The molecule has 0 spiro atoms. The van der Waals surface area contributed by atoms with Gasteiger partial charge in [-0.3, -0.25) is 4.72 Å². The highest BCUT2D eigenvalue weighted by molar-refractivity contribution is 7.93. The summed E-state index contributed by atoms with van der Waals surface area (Å²) in [6.45, 7) is 1.97. The minimum absolute atomic E-state index is 0.206. The smallest absolute Gasteiger partial charge is 0.263 e. The van der Waals surface area contributed by atoms with Gasteiger partial charge in [0.2, 0.25) is 0 Å². The fraction of sp³-hybridized carbons (Fsp3) is 0.231. The monoisotopic (exact) mass is 312 g/mol. The van der Waals surface area contributed by atoms with Crippen LogP contribution in [0.2, 0.25) is 0 Å². The third-order valence-electron chi connectivity index (χ3n) is 2.79. The lowest BCUT2D eigenvalue weighted by molar-refractivity contribution is 0.415. The van der Waals surface area contributed by atoms with Gasteiger partial charge in [0, 0.05) is 17.1 Å². The zero-order valence-electron chi connectivity index (χ0n) is 11.2. The molecule has 1 aromatic carbocycles. The number of hydrogen-bond donors (Lipinski definition) is 2. The van der Waals surface area contributed by atoms with E-state index in [-0.39, 0.29) is 11.4 Å². The van der Waals surface area contributed by atoms with Gasteiger partial charge in [0.15, 0.2) is 0 Å². The van der Waals surface area contributed by atoms with E-state index < -0.39 is 10.0 Å². The number of nitrogens with two attached hydrogens (primary N) is 1. The molecule has 5 nitrogen and oxygen atoms in total. The third kappa shape index (κ3) is 2.95. The van der Waals surface area contributed by atoms with Crippen LogP contribution in [0.15, 0.2) is 34.5 Å². The summed E-state index contributed by atoms with van der Waals surface area (Å²) in [6, 6.07) is 6.70. The Morgan fingerprint density at radius 2 is 1.95 bits per heavy atom. The van der Waals surface area contributed by atoms with Crippen LogP contribution >= 0.6 is 11.3 Å². The summed E-state index contributed by atoms with van der Waals surface area (Å²) in [7, 11) is -2.07. The molecule has 0 aliphatic heterocycles. The summed E-state index contributed by atoms with van der Waals surface area (Å²) in [5.41, 5.74) is 6.78. The van der Waals surface area contributed by atoms with Crippen molar-refractivity contribution in [1.82, 2.24) is 0 Å². The fourth-order valence-electron chi connectivity index (χ4n) is 1.85. The number of benzene rings is 1. The molecule has 0 unspecified atom stereocenters. The molecule has 20 heavy (non-hydrogen) atoms. The lowest BCUT2D eigenvalue weighted by atomic mass is 10.3. The van der Waals surface area contributed by atoms with Crippen LogP contribution in [-0.4, -0.2) is 15.5 Å². The first-order chi connectivity index (χ1) is 9.47. The maximum atomic E-state index is 12.4. The SMILES string of the molecule is COc1ccc(NS(=O)(=O)c2c(C)csc2CN)cc1. The average Bonchev–Trinajstić information content (AvgIpc) is 2.81. The molecule has 2 aromatic rings. The van der Waals surface area contributed by atoms with Crippen LogP contribution < -0.4 is 15.2 Å². The Balaban J connectivity index is 2.32. The van der Waals surface area contributed by atoms with Crippen molar-refractivity contribution in [3.8, 4) is 5.75 Å². The summed E-state index contributed by atoms with van der Waals surface area (Å²) in [5.74, 6) is 0.669. The molecular weight excluding hydrogens is 296 g/mol. The van der Waals surface area contributed by atoms with Gasteiger partial charge in [-0.2, -0.15) is 0 Å². The van der Waals surface area contributed by atoms with Gasteiger partial charge in [-0.15, -0.1) is 11.3 Å². The highest BCUT2D eigenvalue weighted by Gasteiger charge is 2.22. The molecule has 0 amide bonds. The van der Waals surface area contributed by atoms with E-state index in [9.17, 15) is 8.42 Å². The number of thiophene rings is 1. The first-order valence-corrected chi connectivity index (χ1v) is 8.28. The molecule has 0 saturated heterocycles. The van der Waals surface area contributed by atoms with E-state index in [1.165, 1.54) is 11.3 Å². The third-order valence-corrected chi connectivity index (χ3v) is 5.65. The number of sulfonamides is 1. The molecule has 7 heteroatoms. The summed E-state index contributed by atoms with van der Waals surface area (Å²) >= 11 is 1.36. The molecule has 0 saturated carbocycles. The molecule has 1 aromatic heterocycles. The van der Waals surface area contributed by atoms with Gasteiger partial charge < -0.3 is 10.5 Å². The van der Waals surface area contributed by atoms with Crippen molar-refractivity contribution in [2.75, 3.05) is 11.8 Å². The number of anilines is 1. The van der Waals surface area contributed by atoms with Crippen molar-refractivity contribution in [2.45, 2.75) is 18.4 Å². The van der Waals surface area contributed by atoms with Crippen LogP contribution in [-0.2, 0) is 16.6 Å². The second-order valence-corrected chi connectivity index (χ2v) is 6.79. The largest absolute Gasteiger partial charge is 0.497 e. The summed E-state index contributed by atoms with van der Waals surface area (Å²) < 4.78 is 32.4. The second-order valence-electron chi connectivity index (χ2n) is 4.21. The van der Waals surface area contributed by atoms with Crippen molar-refractivity contribution >= 4 is 27.0 Å². The predicted molar refractivity (Wildman–Crippen MR) is 80.7 cm³/mol. The molecule has 0 bridgehead atoms. The van der Waals surface area contributed by atoms with E-state index in [1.807, 2.05) is 0 Å². The molecule has 0 aliphatic rings. The fourth-order valence-corrected chi connectivity index (χ4v) is 4.62. The van der Waals surface area contributed by atoms with Gasteiger partial charge in [0.25, 0.3) is 10.0 Å². The summed E-state index contributed by atoms with van der Waals surface area (Å²) in [5, 5.41) is 1.80. The van der Waals surface area contributed by atoms with Crippen LogP contribution in [0.1, 0.15) is 10.4 Å². The minimum atomic E-state index is -3.62. The molecule has 108 valence electrons. The van der Waals surface area contributed by atoms with E-state index in [2.05, 4.69) is 4.72 Å². The van der Waals surface area contributed by atoms with Crippen molar-refractivity contribution in [2.24, 2.45) is 5.73 Å². The van der Waals surface area contributed by atoms with E-state index in [0.717, 1.165) is 0 Å². The molecule has 0 atom stereocenters. The second kappa shape index (κ2) is 5.82. The lowest BCUT2D eigenvalue weighted by Gasteiger charge is -2.10. The average molecular weight is 312 g/mol. The Bertz CT molecular complexity index is 691. The van der Waals surface area contributed by atoms with E-state index >= 15 is 0 Å². The van der Waals surface area contributed by atoms with E-state index in [4.69, 9.17) is 10.5 Å². The standard InChI is InChI=1S/C13H16N2O3S2/c1-9-8-19-12(7-14)13(9)20(16,17)15-10-3-5-11(18-2)6-4-10/h3-6,8,15H,7,14H2,1-2H3. The quantitative estimate of drug-likeness (QED) is 0.888. The highest BCUT2D eigenvalue weighted by Crippen LogP contribution is 2.28. The first kappa shape index (κ1) is 14.8. The van der Waals surface area contributed by atoms with Crippen molar-refractivity contribution in [1.29, 1.82) is 0 Å². The molecule has 2 rings (SSSR count). The maximum Gasteiger partial charge on any atom is 0.263 e. The number of ether oxygens (including phenoxy) is 1. The van der Waals surface area contributed by atoms with Crippen LogP contribution in [0.4, 0.5) is 5.69 Å². The number of methoxy groups -OCH3 is 1. The Hall–Kier alpha value is -1.57. The molecule has 0 aliphatic carbocycles. The molecule has 0 radical (unpaired) electrons. The topological polar surface area (TPSA) is 81.4 Å². The van der Waals surface area contributed by atoms with E-state index in [0.29, 0.717) is 21.9 Å². The summed E-state index contributed by atoms with van der Waals surface area (Å²) in [4.78, 5) is 0.935. The van der Waals surface area contributed by atoms with E-state index in [1.54, 1.807) is 43.7 Å². The normalized spacial score (nSPS) is 11.3. The van der Waals surface area contributed by atoms with Crippen LogP contribution in [0.5, 0.6) is 5.75 Å². The number of rotatable bonds is 5. The van der Waals surface area contributed by atoms with Crippen LogP contribution in [0.25, 0.3) is 0 Å². The van der Waals surface area contributed by atoms with Crippen molar-refractivity contribution in [3.05, 3.63) is 40.1 Å². The lowest BCUT2D eigenvalue weighted by Crippen LogP contribution is -2.15. The Morgan fingerprint density at radius 3 is 2.50 bits per heavy atom. The molecule has 1 heterocycles. The minimum Gasteiger partial charge on any atom is -0.497 e. The van der Waals surface area contributed by atoms with Crippen molar-refractivity contribution in [3.63, 3.8) is 0 Å². The summed E-state index contributed by atoms with van der Waals surface area (Å²) in [6.07, 6.45) is 0. The zero-order valence-corrected chi connectivity index (χ0v) is 12.8. The van der Waals surface area contributed by atoms with Crippen molar-refractivity contribution < 1.29 is 13.2 Å². The van der Waals surface area contributed by atoms with Crippen LogP contribution in [0.3, 0.4) is 0 Å². The van der Waals surface area contributed by atoms with Crippen LogP contribution in [0, 0.1) is 6.92 Å². The Kier molecular flexibility index (Phi) is 4.32. The zero-order chi connectivity index (χ0) is 14.8. The van der Waals surface area contributed by atoms with Gasteiger partial charge in [-0.25, -0.2) is 8.42 Å². The number of aryl methyl sites for hydroxylation is 1.